The van der Waals surface area contributed by atoms with Crippen molar-refractivity contribution < 1.29 is 33.5 Å². The first-order valence-corrected chi connectivity index (χ1v) is 13.7. The van der Waals surface area contributed by atoms with E-state index in [1.165, 1.54) is 6.26 Å². The van der Waals surface area contributed by atoms with Gasteiger partial charge in [0.15, 0.2) is 0 Å². The highest BCUT2D eigenvalue weighted by atomic mass is 16.5. The maximum absolute atomic E-state index is 13.5. The number of para-hydroxylation sites is 1. The number of piperidine rings is 1. The van der Waals surface area contributed by atoms with Gasteiger partial charge in [0.1, 0.15) is 23.8 Å². The molecule has 3 aliphatic rings. The number of furan rings is 1. The lowest BCUT2D eigenvalue weighted by molar-refractivity contribution is -0.129. The van der Waals surface area contributed by atoms with Crippen LogP contribution in [0.4, 0.5) is 4.79 Å². The number of hydrogen-bond acceptors (Lipinski definition) is 9. The molecule has 1 aromatic heterocycles. The Hall–Kier alpha value is -3.37. The van der Waals surface area contributed by atoms with Gasteiger partial charge in [-0.2, -0.15) is 5.26 Å². The Kier molecular flexibility index (Phi) is 8.19. The van der Waals surface area contributed by atoms with Crippen LogP contribution in [0.3, 0.4) is 0 Å². The summed E-state index contributed by atoms with van der Waals surface area (Å²) in [6.45, 7) is 7.08. The summed E-state index contributed by atoms with van der Waals surface area (Å²) in [5, 5.41) is 33.0. The smallest absolute Gasteiger partial charge is 0.464 e. The van der Waals surface area contributed by atoms with E-state index in [1.807, 2.05) is 32.0 Å². The standard InChI is InChI=1S/C28H35BN4O7/c1-28(2,32-7-9-38-10-8-32)13-20(14-30)26(34)33-15-18-11-22(18)23(33)17-40-27(35)31-25(29(36)37)12-19-16-39-24-6-4-3-5-21(19)24/h3-6,13,16,18,22-23,25,36-37H,7-12,15,17H2,1-2H3,(H,31,35)/t18-,22-,23-,25?/m0/s1. The zero-order valence-electron chi connectivity index (χ0n) is 22.8. The van der Waals surface area contributed by atoms with Crippen molar-refractivity contribution in [1.29, 1.82) is 5.26 Å². The summed E-state index contributed by atoms with van der Waals surface area (Å²) in [5.41, 5.74) is 0.955. The van der Waals surface area contributed by atoms with Gasteiger partial charge in [-0.15, -0.1) is 0 Å². The maximum Gasteiger partial charge on any atom is 0.475 e. The second-order valence-corrected chi connectivity index (χ2v) is 11.3. The fraction of sp³-hybridized carbons (Fsp3) is 0.536. The molecule has 212 valence electrons. The fourth-order valence-corrected chi connectivity index (χ4v) is 5.91. The van der Waals surface area contributed by atoms with Gasteiger partial charge in [0.25, 0.3) is 5.91 Å². The van der Waals surface area contributed by atoms with Gasteiger partial charge >= 0.3 is 13.2 Å². The lowest BCUT2D eigenvalue weighted by Gasteiger charge is -2.39. The van der Waals surface area contributed by atoms with Crippen LogP contribution in [-0.2, 0) is 20.7 Å². The van der Waals surface area contributed by atoms with Crippen LogP contribution in [0.25, 0.3) is 11.0 Å². The van der Waals surface area contributed by atoms with Gasteiger partial charge in [-0.25, -0.2) is 4.79 Å². The Morgan fingerprint density at radius 1 is 1.30 bits per heavy atom. The van der Waals surface area contributed by atoms with Crippen LogP contribution in [-0.4, -0.2) is 95.9 Å². The van der Waals surface area contributed by atoms with Crippen LogP contribution in [0, 0.1) is 23.2 Å². The highest BCUT2D eigenvalue weighted by Crippen LogP contribution is 2.50. The molecule has 40 heavy (non-hydrogen) atoms. The molecule has 0 bridgehead atoms. The number of benzene rings is 1. The molecule has 2 saturated heterocycles. The Balaban J connectivity index is 1.21. The molecule has 12 heteroatoms. The summed E-state index contributed by atoms with van der Waals surface area (Å²) in [7, 11) is -1.82. The Morgan fingerprint density at radius 2 is 2.05 bits per heavy atom. The third-order valence-electron chi connectivity index (χ3n) is 8.29. The van der Waals surface area contributed by atoms with Crippen molar-refractivity contribution in [2.45, 2.75) is 44.2 Å². The molecule has 4 atom stereocenters. The number of fused-ring (bicyclic) bond motifs is 2. The second-order valence-electron chi connectivity index (χ2n) is 11.3. The van der Waals surface area contributed by atoms with Gasteiger partial charge in [0.2, 0.25) is 0 Å². The number of carbonyl (C=O) groups excluding carboxylic acids is 2. The van der Waals surface area contributed by atoms with Crippen LogP contribution >= 0.6 is 0 Å². The number of morpholine rings is 1. The van der Waals surface area contributed by atoms with E-state index in [1.54, 1.807) is 17.0 Å². The van der Waals surface area contributed by atoms with E-state index < -0.39 is 24.7 Å². The lowest BCUT2D eigenvalue weighted by Crippen LogP contribution is -2.50. The third kappa shape index (κ3) is 6.03. The van der Waals surface area contributed by atoms with Crippen LogP contribution in [0.15, 0.2) is 46.6 Å². The molecule has 1 aliphatic carbocycles. The predicted molar refractivity (Wildman–Crippen MR) is 146 cm³/mol. The molecule has 5 rings (SSSR count). The van der Waals surface area contributed by atoms with E-state index in [-0.39, 0.29) is 36.5 Å². The molecule has 1 unspecified atom stereocenters. The van der Waals surface area contributed by atoms with Crippen LogP contribution in [0.1, 0.15) is 25.8 Å². The first-order valence-electron chi connectivity index (χ1n) is 13.7. The molecular weight excluding hydrogens is 515 g/mol. The van der Waals surface area contributed by atoms with Crippen molar-refractivity contribution in [1.82, 2.24) is 15.1 Å². The van der Waals surface area contributed by atoms with Crippen molar-refractivity contribution in [2.75, 3.05) is 39.5 Å². The van der Waals surface area contributed by atoms with Gasteiger partial charge in [-0.3, -0.25) is 9.69 Å². The number of nitrogens with one attached hydrogen (secondary N) is 1. The molecule has 3 N–H and O–H groups in total. The molecule has 0 radical (unpaired) electrons. The zero-order valence-corrected chi connectivity index (χ0v) is 22.8. The van der Waals surface area contributed by atoms with Crippen LogP contribution in [0.5, 0.6) is 0 Å². The number of nitriles is 1. The van der Waals surface area contributed by atoms with Gasteiger partial charge in [0.05, 0.1) is 31.5 Å². The van der Waals surface area contributed by atoms with Crippen LogP contribution in [0.2, 0.25) is 0 Å². The van der Waals surface area contributed by atoms with E-state index >= 15 is 0 Å². The number of likely N-dealkylation sites (tertiary alicyclic amines) is 1. The number of amides is 2. The number of nitrogens with zero attached hydrogens (tertiary/aromatic N) is 3. The van der Waals surface area contributed by atoms with Crippen LogP contribution < -0.4 is 5.32 Å². The minimum atomic E-state index is -1.82. The Morgan fingerprint density at radius 3 is 2.77 bits per heavy atom. The van der Waals surface area contributed by atoms with Gasteiger partial charge in [0, 0.05) is 30.6 Å². The van der Waals surface area contributed by atoms with Gasteiger partial charge in [-0.05, 0) is 56.2 Å². The third-order valence-corrected chi connectivity index (χ3v) is 8.29. The minimum absolute atomic E-state index is 0.0484. The van der Waals surface area contributed by atoms with E-state index in [2.05, 4.69) is 16.3 Å². The molecule has 1 saturated carbocycles. The molecule has 2 aromatic rings. The zero-order chi connectivity index (χ0) is 28.4. The number of alkyl carbamates (subject to hydrolysis) is 1. The molecule has 3 fully saturated rings. The predicted octanol–water partition coefficient (Wildman–Crippen LogP) is 1.49. The number of hydrogen-bond donors (Lipinski definition) is 3. The largest absolute Gasteiger partial charge is 0.475 e. The number of ether oxygens (including phenoxy) is 2. The lowest BCUT2D eigenvalue weighted by atomic mass is 9.76. The molecule has 11 nitrogen and oxygen atoms in total. The van der Waals surface area contributed by atoms with Crippen molar-refractivity contribution >= 4 is 30.1 Å². The van der Waals surface area contributed by atoms with Crippen molar-refractivity contribution in [3.8, 4) is 6.07 Å². The maximum atomic E-state index is 13.5. The van der Waals surface area contributed by atoms with E-state index in [9.17, 15) is 24.9 Å². The fourth-order valence-electron chi connectivity index (χ4n) is 5.91. The van der Waals surface area contributed by atoms with E-state index in [0.717, 1.165) is 30.5 Å². The normalized spacial score (nSPS) is 23.8. The summed E-state index contributed by atoms with van der Waals surface area (Å²) in [5.74, 6) is -0.853. The average Bonchev–Trinajstić information content (AvgIpc) is 3.45. The SMILES string of the molecule is CC(C)(C=C(C#N)C(=O)N1C[C@@H]2C[C@@H]2[C@@H]1COC(=O)NC(Cc1coc2ccccc12)B(O)O)N1CCOCC1. The summed E-state index contributed by atoms with van der Waals surface area (Å²) in [6, 6.07) is 9.10. The minimum Gasteiger partial charge on any atom is -0.464 e. The average molecular weight is 550 g/mol. The second kappa shape index (κ2) is 11.6. The molecule has 3 heterocycles. The Bertz CT molecular complexity index is 1310. The van der Waals surface area contributed by atoms with E-state index in [0.29, 0.717) is 31.3 Å². The highest BCUT2D eigenvalue weighted by molar-refractivity contribution is 6.43. The quantitative estimate of drug-likeness (QED) is 0.240. The van der Waals surface area contributed by atoms with Gasteiger partial charge in [-0.1, -0.05) is 18.2 Å². The highest BCUT2D eigenvalue weighted by Gasteiger charge is 2.54. The molecule has 1 aromatic carbocycles. The molecule has 2 aliphatic heterocycles. The molecule has 2 amide bonds. The van der Waals surface area contributed by atoms with Gasteiger partial charge < -0.3 is 34.2 Å². The van der Waals surface area contributed by atoms with E-state index in [4.69, 9.17) is 13.9 Å². The summed E-state index contributed by atoms with van der Waals surface area (Å²) in [6.07, 6.45) is 3.50. The first kappa shape index (κ1) is 28.2. The topological polar surface area (TPSA) is 148 Å². The molecular formula is C28H35BN4O7. The number of rotatable bonds is 9. The molecule has 0 spiro atoms. The van der Waals surface area contributed by atoms with Crippen molar-refractivity contribution in [3.63, 3.8) is 0 Å². The number of carbonyl (C=O) groups is 2. The summed E-state index contributed by atoms with van der Waals surface area (Å²) < 4.78 is 16.4. The van der Waals surface area contributed by atoms with Crippen molar-refractivity contribution in [2.24, 2.45) is 11.8 Å². The monoisotopic (exact) mass is 550 g/mol. The summed E-state index contributed by atoms with van der Waals surface area (Å²) in [4.78, 5) is 30.0. The first-order chi connectivity index (χ1) is 19.2. The van der Waals surface area contributed by atoms with Crippen molar-refractivity contribution in [3.05, 3.63) is 47.7 Å². The Labute approximate surface area is 233 Å². The summed E-state index contributed by atoms with van der Waals surface area (Å²) >= 11 is 0.